The molecule has 1 saturated carbocycles. The van der Waals surface area contributed by atoms with Crippen LogP contribution in [0.1, 0.15) is 45.4 Å². The molecule has 14 heavy (non-hydrogen) atoms. The Kier molecular flexibility index (Phi) is 3.22. The number of likely N-dealkylation sites (tertiary alicyclic amines) is 1. The van der Waals surface area contributed by atoms with Gasteiger partial charge in [0.25, 0.3) is 0 Å². The summed E-state index contributed by atoms with van der Waals surface area (Å²) in [4.78, 5) is 13.7. The van der Waals surface area contributed by atoms with Crippen LogP contribution in [0.5, 0.6) is 0 Å². The van der Waals surface area contributed by atoms with Crippen molar-refractivity contribution in [1.29, 1.82) is 0 Å². The number of carbonyl (C=O) groups is 1. The van der Waals surface area contributed by atoms with E-state index < -0.39 is 0 Å². The zero-order chi connectivity index (χ0) is 9.97. The molecule has 0 N–H and O–H groups in total. The maximum absolute atomic E-state index is 11.2. The Hall–Kier alpha value is -0.370. The molecule has 2 nitrogen and oxygen atoms in total. The van der Waals surface area contributed by atoms with Crippen LogP contribution in [0.25, 0.3) is 0 Å². The second-order valence-electron chi connectivity index (χ2n) is 4.96. The lowest BCUT2D eigenvalue weighted by atomic mass is 10.0. The second kappa shape index (κ2) is 4.43. The first-order valence-electron chi connectivity index (χ1n) is 6.01. The van der Waals surface area contributed by atoms with Gasteiger partial charge in [-0.15, -0.1) is 0 Å². The molecular formula is C12H21NO. The zero-order valence-corrected chi connectivity index (χ0v) is 9.17. The summed E-state index contributed by atoms with van der Waals surface area (Å²) < 4.78 is 0. The molecule has 80 valence electrons. The third-order valence-electron chi connectivity index (χ3n) is 3.58. The molecule has 1 unspecified atom stereocenters. The van der Waals surface area contributed by atoms with Crippen LogP contribution in [0.4, 0.5) is 0 Å². The van der Waals surface area contributed by atoms with Gasteiger partial charge in [0.15, 0.2) is 0 Å². The van der Waals surface area contributed by atoms with Crippen molar-refractivity contribution in [2.24, 2.45) is 5.92 Å². The Labute approximate surface area is 86.7 Å². The highest BCUT2D eigenvalue weighted by atomic mass is 16.1. The molecule has 0 radical (unpaired) electrons. The van der Waals surface area contributed by atoms with Crippen LogP contribution < -0.4 is 0 Å². The summed E-state index contributed by atoms with van der Waals surface area (Å²) in [5, 5.41) is 0. The summed E-state index contributed by atoms with van der Waals surface area (Å²) in [5.74, 6) is 1.51. The Bertz CT molecular complexity index is 210. The van der Waals surface area contributed by atoms with Crippen molar-refractivity contribution in [1.82, 2.24) is 4.90 Å². The van der Waals surface area contributed by atoms with E-state index in [9.17, 15) is 4.79 Å². The van der Waals surface area contributed by atoms with Crippen molar-refractivity contribution in [2.45, 2.75) is 51.5 Å². The molecule has 1 aliphatic heterocycles. The topological polar surface area (TPSA) is 20.3 Å². The van der Waals surface area contributed by atoms with Crippen molar-refractivity contribution in [3.8, 4) is 0 Å². The molecule has 2 rings (SSSR count). The van der Waals surface area contributed by atoms with Crippen molar-refractivity contribution in [2.75, 3.05) is 13.1 Å². The highest BCUT2D eigenvalue weighted by molar-refractivity contribution is 5.79. The number of hydrogen-bond acceptors (Lipinski definition) is 2. The van der Waals surface area contributed by atoms with Crippen LogP contribution in [0, 0.1) is 5.92 Å². The smallest absolute Gasteiger partial charge is 0.135 e. The minimum atomic E-state index is 0.455. The van der Waals surface area contributed by atoms with Crippen LogP contribution in [-0.2, 0) is 4.79 Å². The molecule has 1 atom stereocenters. The first kappa shape index (κ1) is 10.2. The van der Waals surface area contributed by atoms with Gasteiger partial charge >= 0.3 is 0 Å². The fraction of sp³-hybridized carbons (Fsp3) is 0.917. The molecule has 1 saturated heterocycles. The van der Waals surface area contributed by atoms with Crippen LogP contribution >= 0.6 is 0 Å². The van der Waals surface area contributed by atoms with E-state index in [0.717, 1.165) is 25.3 Å². The number of nitrogens with zero attached hydrogens (tertiary/aromatic N) is 1. The molecule has 0 amide bonds. The average Bonchev–Trinajstić information content (AvgIpc) is 2.92. The quantitative estimate of drug-likeness (QED) is 0.685. The molecule has 2 aliphatic rings. The first-order chi connectivity index (χ1) is 6.75. The lowest BCUT2D eigenvalue weighted by Crippen LogP contribution is -2.41. The molecule has 2 heteroatoms. The molecular weight excluding hydrogens is 174 g/mol. The van der Waals surface area contributed by atoms with Gasteiger partial charge in [0.1, 0.15) is 5.78 Å². The average molecular weight is 195 g/mol. The summed E-state index contributed by atoms with van der Waals surface area (Å²) in [6.45, 7) is 4.41. The summed E-state index contributed by atoms with van der Waals surface area (Å²) in [6.07, 6.45) is 7.25. The van der Waals surface area contributed by atoms with E-state index in [1.165, 1.54) is 32.2 Å². The second-order valence-corrected chi connectivity index (χ2v) is 4.96. The minimum Gasteiger partial charge on any atom is -0.300 e. The Morgan fingerprint density at radius 2 is 2.21 bits per heavy atom. The van der Waals surface area contributed by atoms with Gasteiger partial charge < -0.3 is 0 Å². The number of hydrogen-bond donors (Lipinski definition) is 0. The van der Waals surface area contributed by atoms with Gasteiger partial charge in [0, 0.05) is 25.4 Å². The van der Waals surface area contributed by atoms with E-state index in [2.05, 4.69) is 11.8 Å². The van der Waals surface area contributed by atoms with Gasteiger partial charge in [-0.1, -0.05) is 12.8 Å². The lowest BCUT2D eigenvalue weighted by Gasteiger charge is -2.32. The van der Waals surface area contributed by atoms with E-state index >= 15 is 0 Å². The van der Waals surface area contributed by atoms with Gasteiger partial charge in [-0.3, -0.25) is 9.69 Å². The summed E-state index contributed by atoms with van der Waals surface area (Å²) in [6, 6.07) is 0.496. The Morgan fingerprint density at radius 1 is 1.43 bits per heavy atom. The number of Topliss-reactive ketones (excluding diaryl/α,β-unsaturated/α-hetero) is 1. The first-order valence-corrected chi connectivity index (χ1v) is 6.01. The molecule has 0 bridgehead atoms. The van der Waals surface area contributed by atoms with Gasteiger partial charge in [-0.05, 0) is 32.2 Å². The monoisotopic (exact) mass is 195 g/mol. The maximum Gasteiger partial charge on any atom is 0.135 e. The Balaban J connectivity index is 1.65. The molecule has 0 aromatic heterocycles. The van der Waals surface area contributed by atoms with Crippen LogP contribution in [-0.4, -0.2) is 29.8 Å². The molecule has 1 aliphatic carbocycles. The van der Waals surface area contributed by atoms with Crippen molar-refractivity contribution >= 4 is 5.78 Å². The Morgan fingerprint density at radius 3 is 2.86 bits per heavy atom. The van der Waals surface area contributed by atoms with E-state index in [4.69, 9.17) is 0 Å². The van der Waals surface area contributed by atoms with E-state index in [1.807, 2.05) is 0 Å². The maximum atomic E-state index is 11.2. The SMILES string of the molecule is CC1CC(=O)CCN1CCCC1CC1. The highest BCUT2D eigenvalue weighted by Gasteiger charge is 2.24. The van der Waals surface area contributed by atoms with Gasteiger partial charge in [0.2, 0.25) is 0 Å². The van der Waals surface area contributed by atoms with Crippen molar-refractivity contribution < 1.29 is 4.79 Å². The normalized spacial score (nSPS) is 29.5. The predicted octanol–water partition coefficient (Wildman–Crippen LogP) is 2.23. The third kappa shape index (κ3) is 2.81. The fourth-order valence-electron chi connectivity index (χ4n) is 2.37. The molecule has 0 aromatic rings. The molecule has 0 spiro atoms. The van der Waals surface area contributed by atoms with Crippen LogP contribution in [0.3, 0.4) is 0 Å². The van der Waals surface area contributed by atoms with Crippen molar-refractivity contribution in [3.63, 3.8) is 0 Å². The molecule has 0 aromatic carbocycles. The number of ketones is 1. The molecule has 1 heterocycles. The highest BCUT2D eigenvalue weighted by Crippen LogP contribution is 2.33. The summed E-state index contributed by atoms with van der Waals surface area (Å²) in [7, 11) is 0. The third-order valence-corrected chi connectivity index (χ3v) is 3.58. The number of rotatable bonds is 4. The van der Waals surface area contributed by atoms with E-state index in [1.54, 1.807) is 0 Å². The lowest BCUT2D eigenvalue weighted by molar-refractivity contribution is -0.122. The standard InChI is InChI=1S/C12H21NO/c1-10-9-12(14)6-8-13(10)7-2-3-11-4-5-11/h10-11H,2-9H2,1H3. The zero-order valence-electron chi connectivity index (χ0n) is 9.17. The van der Waals surface area contributed by atoms with Crippen LogP contribution in [0.2, 0.25) is 0 Å². The van der Waals surface area contributed by atoms with Crippen molar-refractivity contribution in [3.05, 3.63) is 0 Å². The van der Waals surface area contributed by atoms with E-state index in [-0.39, 0.29) is 0 Å². The predicted molar refractivity (Wildman–Crippen MR) is 57.2 cm³/mol. The van der Waals surface area contributed by atoms with Gasteiger partial charge in [0.05, 0.1) is 0 Å². The van der Waals surface area contributed by atoms with Gasteiger partial charge in [-0.25, -0.2) is 0 Å². The van der Waals surface area contributed by atoms with Gasteiger partial charge in [-0.2, -0.15) is 0 Å². The fourth-order valence-corrected chi connectivity index (χ4v) is 2.37. The van der Waals surface area contributed by atoms with E-state index in [0.29, 0.717) is 11.8 Å². The number of carbonyl (C=O) groups excluding carboxylic acids is 1. The summed E-state index contributed by atoms with van der Waals surface area (Å²) in [5.41, 5.74) is 0. The minimum absolute atomic E-state index is 0.455. The molecule has 2 fully saturated rings. The van der Waals surface area contributed by atoms with Crippen LogP contribution in [0.15, 0.2) is 0 Å². The number of piperidine rings is 1. The largest absolute Gasteiger partial charge is 0.300 e. The summed E-state index contributed by atoms with van der Waals surface area (Å²) >= 11 is 0.